The van der Waals surface area contributed by atoms with E-state index in [1.165, 1.54) is 0 Å². The van der Waals surface area contributed by atoms with Gasteiger partial charge in [-0.15, -0.1) is 0 Å². The van der Waals surface area contributed by atoms with Crippen molar-refractivity contribution in [3.63, 3.8) is 0 Å². The Morgan fingerprint density at radius 2 is 2.00 bits per heavy atom. The summed E-state index contributed by atoms with van der Waals surface area (Å²) in [5.74, 6) is 0.556. The maximum atomic E-state index is 12.0. The van der Waals surface area contributed by atoms with E-state index in [4.69, 9.17) is 4.74 Å². The van der Waals surface area contributed by atoms with Crippen LogP contribution in [-0.2, 0) is 11.2 Å². The average molecular weight is 334 g/mol. The van der Waals surface area contributed by atoms with Crippen molar-refractivity contribution in [1.29, 1.82) is 0 Å². The Kier molecular flexibility index (Phi) is 4.95. The zero-order valence-corrected chi connectivity index (χ0v) is 13.8. The number of carbonyl (C=O) groups excluding carboxylic acids is 1. The predicted molar refractivity (Wildman–Crippen MR) is 98.0 cm³/mol. The summed E-state index contributed by atoms with van der Waals surface area (Å²) in [7, 11) is 1.60. The average Bonchev–Trinajstić information content (AvgIpc) is 2.61. The third-order valence-electron chi connectivity index (χ3n) is 3.81. The van der Waals surface area contributed by atoms with E-state index in [0.717, 1.165) is 21.9 Å². The van der Waals surface area contributed by atoms with Gasteiger partial charge in [0.05, 0.1) is 19.7 Å². The molecule has 0 atom stereocenters. The third-order valence-corrected chi connectivity index (χ3v) is 3.81. The molecule has 5 heteroatoms. The molecule has 0 spiro atoms. The van der Waals surface area contributed by atoms with Crippen molar-refractivity contribution in [2.24, 2.45) is 5.10 Å². The molecule has 0 aliphatic heterocycles. The summed E-state index contributed by atoms with van der Waals surface area (Å²) in [6.07, 6.45) is 1.72. The second kappa shape index (κ2) is 7.49. The topological polar surface area (TPSA) is 70.9 Å². The van der Waals surface area contributed by atoms with Crippen LogP contribution in [0.2, 0.25) is 0 Å². The van der Waals surface area contributed by atoms with Gasteiger partial charge in [-0.25, -0.2) is 5.43 Å². The maximum absolute atomic E-state index is 12.0. The van der Waals surface area contributed by atoms with E-state index in [2.05, 4.69) is 10.5 Å². The molecule has 0 aromatic heterocycles. The van der Waals surface area contributed by atoms with Crippen LogP contribution >= 0.6 is 0 Å². The lowest BCUT2D eigenvalue weighted by Crippen LogP contribution is -2.19. The Morgan fingerprint density at radius 3 is 2.80 bits per heavy atom. The minimum atomic E-state index is -0.263. The van der Waals surface area contributed by atoms with E-state index in [1.807, 2.05) is 36.4 Å². The van der Waals surface area contributed by atoms with E-state index in [-0.39, 0.29) is 18.1 Å². The number of benzene rings is 3. The molecule has 0 unspecified atom stereocenters. The van der Waals surface area contributed by atoms with Crippen molar-refractivity contribution in [3.05, 3.63) is 71.8 Å². The number of ether oxygens (including phenoxy) is 1. The van der Waals surface area contributed by atoms with Crippen molar-refractivity contribution in [2.75, 3.05) is 7.11 Å². The fourth-order valence-corrected chi connectivity index (χ4v) is 2.65. The van der Waals surface area contributed by atoms with Crippen molar-refractivity contribution in [1.82, 2.24) is 5.43 Å². The van der Waals surface area contributed by atoms with Crippen LogP contribution in [0.3, 0.4) is 0 Å². The Hall–Kier alpha value is -3.34. The molecule has 0 aliphatic carbocycles. The fourth-order valence-electron chi connectivity index (χ4n) is 2.65. The van der Waals surface area contributed by atoms with Gasteiger partial charge in [0.2, 0.25) is 5.91 Å². The Morgan fingerprint density at radius 1 is 1.16 bits per heavy atom. The molecule has 2 N–H and O–H groups in total. The van der Waals surface area contributed by atoms with Gasteiger partial charge in [-0.1, -0.05) is 42.5 Å². The lowest BCUT2D eigenvalue weighted by Gasteiger charge is -2.08. The SMILES string of the molecule is COc1ccc2ccccc2c1C=NNC(=O)Cc1cccc(O)c1. The number of hydrogen-bond acceptors (Lipinski definition) is 4. The number of hydrazone groups is 1. The predicted octanol–water partition coefficient (Wildman–Crippen LogP) is 3.25. The zero-order chi connectivity index (χ0) is 17.6. The summed E-state index contributed by atoms with van der Waals surface area (Å²) in [6, 6.07) is 18.3. The number of phenolic OH excluding ortho intramolecular Hbond substituents is 1. The summed E-state index contributed by atoms with van der Waals surface area (Å²) < 4.78 is 5.39. The number of amides is 1. The van der Waals surface area contributed by atoms with Crippen molar-refractivity contribution < 1.29 is 14.6 Å². The Bertz CT molecular complexity index is 935. The normalized spacial score (nSPS) is 10.9. The highest BCUT2D eigenvalue weighted by molar-refractivity contribution is 6.02. The van der Waals surface area contributed by atoms with E-state index in [0.29, 0.717) is 5.75 Å². The quantitative estimate of drug-likeness (QED) is 0.556. The largest absolute Gasteiger partial charge is 0.508 e. The van der Waals surface area contributed by atoms with Gasteiger partial charge in [0.25, 0.3) is 0 Å². The molecule has 126 valence electrons. The first kappa shape index (κ1) is 16.5. The third kappa shape index (κ3) is 3.95. The molecule has 25 heavy (non-hydrogen) atoms. The van der Waals surface area contributed by atoms with Crippen LogP contribution in [-0.4, -0.2) is 24.3 Å². The molecular formula is C20H18N2O3. The summed E-state index contributed by atoms with van der Waals surface area (Å²) in [5.41, 5.74) is 4.03. The van der Waals surface area contributed by atoms with Gasteiger partial charge in [0.1, 0.15) is 11.5 Å². The summed E-state index contributed by atoms with van der Waals surface area (Å²) in [6.45, 7) is 0. The molecule has 0 fully saturated rings. The van der Waals surface area contributed by atoms with Gasteiger partial charge in [-0.2, -0.15) is 5.10 Å². The number of nitrogens with one attached hydrogen (secondary N) is 1. The number of hydrogen-bond donors (Lipinski definition) is 2. The molecule has 0 aliphatic rings. The molecule has 1 amide bonds. The summed E-state index contributed by atoms with van der Waals surface area (Å²) >= 11 is 0. The molecular weight excluding hydrogens is 316 g/mol. The number of aromatic hydroxyl groups is 1. The lowest BCUT2D eigenvalue weighted by molar-refractivity contribution is -0.120. The molecule has 3 rings (SSSR count). The van der Waals surface area contributed by atoms with E-state index >= 15 is 0 Å². The first-order valence-corrected chi connectivity index (χ1v) is 7.83. The standard InChI is InChI=1S/C20H18N2O3/c1-25-19-10-9-15-6-2-3-8-17(15)18(19)13-21-22-20(24)12-14-5-4-7-16(23)11-14/h2-11,13,23H,12H2,1H3,(H,22,24). The molecule has 3 aromatic carbocycles. The number of carbonyl (C=O) groups is 1. The zero-order valence-electron chi connectivity index (χ0n) is 13.8. The van der Waals surface area contributed by atoms with Crippen LogP contribution in [0.4, 0.5) is 0 Å². The molecule has 0 saturated heterocycles. The van der Waals surface area contributed by atoms with Crippen LogP contribution in [0.15, 0.2) is 65.8 Å². The molecule has 0 bridgehead atoms. The van der Waals surface area contributed by atoms with Gasteiger partial charge in [0, 0.05) is 5.56 Å². The minimum Gasteiger partial charge on any atom is -0.508 e. The number of fused-ring (bicyclic) bond motifs is 1. The van der Waals surface area contributed by atoms with Gasteiger partial charge < -0.3 is 9.84 Å². The second-order valence-electron chi connectivity index (χ2n) is 5.54. The van der Waals surface area contributed by atoms with Crippen LogP contribution in [0.5, 0.6) is 11.5 Å². The molecule has 0 radical (unpaired) electrons. The molecule has 3 aromatic rings. The van der Waals surface area contributed by atoms with Gasteiger partial charge >= 0.3 is 0 Å². The molecule has 0 saturated carbocycles. The van der Waals surface area contributed by atoms with Gasteiger partial charge in [0.15, 0.2) is 0 Å². The van der Waals surface area contributed by atoms with Gasteiger partial charge in [-0.05, 0) is 34.5 Å². The molecule has 0 heterocycles. The first-order valence-electron chi connectivity index (χ1n) is 7.83. The van der Waals surface area contributed by atoms with Crippen molar-refractivity contribution in [3.8, 4) is 11.5 Å². The summed E-state index contributed by atoms with van der Waals surface area (Å²) in [4.78, 5) is 12.0. The van der Waals surface area contributed by atoms with Crippen LogP contribution in [0, 0.1) is 0 Å². The second-order valence-corrected chi connectivity index (χ2v) is 5.54. The number of nitrogens with zero attached hydrogens (tertiary/aromatic N) is 1. The highest BCUT2D eigenvalue weighted by Gasteiger charge is 2.07. The smallest absolute Gasteiger partial charge is 0.244 e. The Labute approximate surface area is 145 Å². The van der Waals surface area contributed by atoms with E-state index < -0.39 is 0 Å². The van der Waals surface area contributed by atoms with Crippen molar-refractivity contribution >= 4 is 22.9 Å². The number of rotatable bonds is 5. The first-order chi connectivity index (χ1) is 12.2. The van der Waals surface area contributed by atoms with E-state index in [1.54, 1.807) is 37.6 Å². The number of phenols is 1. The van der Waals surface area contributed by atoms with Crippen LogP contribution in [0.25, 0.3) is 10.8 Å². The fraction of sp³-hybridized carbons (Fsp3) is 0.100. The van der Waals surface area contributed by atoms with Gasteiger partial charge in [-0.3, -0.25) is 4.79 Å². The number of methoxy groups -OCH3 is 1. The van der Waals surface area contributed by atoms with Crippen LogP contribution in [0.1, 0.15) is 11.1 Å². The molecule has 5 nitrogen and oxygen atoms in total. The highest BCUT2D eigenvalue weighted by atomic mass is 16.5. The summed E-state index contributed by atoms with van der Waals surface area (Å²) in [5, 5.41) is 15.5. The Balaban J connectivity index is 1.76. The van der Waals surface area contributed by atoms with Crippen molar-refractivity contribution in [2.45, 2.75) is 6.42 Å². The maximum Gasteiger partial charge on any atom is 0.244 e. The van der Waals surface area contributed by atoms with E-state index in [9.17, 15) is 9.90 Å². The minimum absolute atomic E-state index is 0.134. The lowest BCUT2D eigenvalue weighted by atomic mass is 10.0. The highest BCUT2D eigenvalue weighted by Crippen LogP contribution is 2.26. The monoisotopic (exact) mass is 334 g/mol. The van der Waals surface area contributed by atoms with Crippen LogP contribution < -0.4 is 10.2 Å².